The number of fused-ring (bicyclic) bond motifs is 1. The molecular weight excluding hydrogens is 520 g/mol. The van der Waals surface area contributed by atoms with E-state index in [0.717, 1.165) is 16.7 Å². The number of benzene rings is 3. The number of amides is 1. The summed E-state index contributed by atoms with van der Waals surface area (Å²) in [6.45, 7) is 3.56. The minimum Gasteiger partial charge on any atom is -0.476 e. The van der Waals surface area contributed by atoms with Crippen molar-refractivity contribution in [2.24, 2.45) is 0 Å². The minimum absolute atomic E-state index is 0.137. The van der Waals surface area contributed by atoms with Gasteiger partial charge in [0.1, 0.15) is 10.8 Å². The highest BCUT2D eigenvalue weighted by Gasteiger charge is 2.38. The predicted molar refractivity (Wildman–Crippen MR) is 140 cm³/mol. The first-order chi connectivity index (χ1) is 17.2. The van der Waals surface area contributed by atoms with Crippen LogP contribution in [0.1, 0.15) is 11.1 Å². The quantitative estimate of drug-likeness (QED) is 0.379. The highest BCUT2D eigenvalue weighted by atomic mass is 35.5. The summed E-state index contributed by atoms with van der Waals surface area (Å²) in [4.78, 5) is 13.3. The monoisotopic (exact) mass is 540 g/mol. The van der Waals surface area contributed by atoms with Crippen LogP contribution in [0.25, 0.3) is 10.6 Å². The van der Waals surface area contributed by atoms with Crippen LogP contribution in [0.3, 0.4) is 0 Å². The molecule has 1 N–H and O–H groups in total. The largest absolute Gasteiger partial charge is 0.476 e. The fraction of sp³-hybridized carbons (Fsp3) is 0.160. The molecule has 1 aromatic heterocycles. The van der Waals surface area contributed by atoms with Crippen molar-refractivity contribution >= 4 is 49.7 Å². The molecule has 1 amide bonds. The van der Waals surface area contributed by atoms with E-state index in [1.54, 1.807) is 54.6 Å². The molecule has 4 aromatic rings. The summed E-state index contributed by atoms with van der Waals surface area (Å²) in [7, 11) is -3.95. The van der Waals surface area contributed by atoms with Crippen molar-refractivity contribution in [1.29, 1.82) is 0 Å². The lowest BCUT2D eigenvalue weighted by Gasteiger charge is -2.34. The summed E-state index contributed by atoms with van der Waals surface area (Å²) in [6, 6.07) is 18.9. The topological polar surface area (TPSA) is 101 Å². The Morgan fingerprint density at radius 3 is 2.44 bits per heavy atom. The zero-order valence-corrected chi connectivity index (χ0v) is 21.7. The average molecular weight is 541 g/mol. The molecule has 36 heavy (non-hydrogen) atoms. The van der Waals surface area contributed by atoms with E-state index in [0.29, 0.717) is 21.5 Å². The van der Waals surface area contributed by atoms with Crippen molar-refractivity contribution in [3.8, 4) is 16.3 Å². The first kappa shape index (κ1) is 24.2. The predicted octanol–water partition coefficient (Wildman–Crippen LogP) is 5.07. The van der Waals surface area contributed by atoms with Gasteiger partial charge < -0.3 is 4.74 Å². The number of nitrogens with zero attached hydrogens (tertiary/aromatic N) is 3. The van der Waals surface area contributed by atoms with Gasteiger partial charge in [-0.05, 0) is 55.8 Å². The van der Waals surface area contributed by atoms with Crippen LogP contribution < -0.4 is 14.4 Å². The maximum absolute atomic E-state index is 13.6. The molecule has 2 heterocycles. The Bertz CT molecular complexity index is 1540. The Kier molecular flexibility index (Phi) is 6.42. The van der Waals surface area contributed by atoms with E-state index in [2.05, 4.69) is 15.5 Å². The molecule has 0 saturated heterocycles. The van der Waals surface area contributed by atoms with Crippen LogP contribution in [0.15, 0.2) is 71.6 Å². The molecule has 0 unspecified atom stereocenters. The second-order valence-electron chi connectivity index (χ2n) is 8.34. The van der Waals surface area contributed by atoms with E-state index in [-0.39, 0.29) is 16.6 Å². The van der Waals surface area contributed by atoms with Crippen molar-refractivity contribution in [3.05, 3.63) is 82.9 Å². The Balaban J connectivity index is 1.42. The number of anilines is 2. The lowest BCUT2D eigenvalue weighted by atomic mass is 10.1. The van der Waals surface area contributed by atoms with Crippen LogP contribution in [-0.4, -0.2) is 37.2 Å². The smallest absolute Gasteiger partial charge is 0.269 e. The molecule has 1 aliphatic heterocycles. The van der Waals surface area contributed by atoms with Gasteiger partial charge in [-0.15, -0.1) is 10.2 Å². The molecule has 0 aliphatic carbocycles. The van der Waals surface area contributed by atoms with Crippen molar-refractivity contribution in [1.82, 2.24) is 10.2 Å². The van der Waals surface area contributed by atoms with Gasteiger partial charge in [-0.1, -0.05) is 58.8 Å². The highest BCUT2D eigenvalue weighted by Crippen LogP contribution is 2.38. The van der Waals surface area contributed by atoms with Crippen LogP contribution in [0.4, 0.5) is 10.8 Å². The Morgan fingerprint density at radius 1 is 1.03 bits per heavy atom. The Morgan fingerprint density at radius 2 is 1.72 bits per heavy atom. The second kappa shape index (κ2) is 9.53. The number of nitrogens with one attached hydrogen (secondary N) is 1. The maximum atomic E-state index is 13.6. The summed E-state index contributed by atoms with van der Waals surface area (Å²) in [6.07, 6.45) is -1.09. The highest BCUT2D eigenvalue weighted by molar-refractivity contribution is 7.92. The summed E-state index contributed by atoms with van der Waals surface area (Å²) in [5.41, 5.74) is 3.01. The van der Waals surface area contributed by atoms with E-state index in [1.165, 1.54) is 15.6 Å². The number of hydrogen-bond donors (Lipinski definition) is 1. The lowest BCUT2D eigenvalue weighted by Crippen LogP contribution is -2.48. The number of carbonyl (C=O) groups excluding carboxylic acids is 1. The van der Waals surface area contributed by atoms with Crippen molar-refractivity contribution in [3.63, 3.8) is 0 Å². The van der Waals surface area contributed by atoms with Gasteiger partial charge in [0.05, 0.1) is 17.1 Å². The van der Waals surface area contributed by atoms with E-state index in [9.17, 15) is 13.2 Å². The molecule has 8 nitrogen and oxygen atoms in total. The van der Waals surface area contributed by atoms with E-state index < -0.39 is 22.0 Å². The average Bonchev–Trinajstić information content (AvgIpc) is 3.32. The number of rotatable bonds is 5. The first-order valence-electron chi connectivity index (χ1n) is 11.0. The van der Waals surface area contributed by atoms with Crippen LogP contribution in [-0.2, 0) is 14.8 Å². The molecule has 0 saturated carbocycles. The first-order valence-corrected chi connectivity index (χ1v) is 13.6. The number of hydrogen-bond acceptors (Lipinski definition) is 7. The number of halogens is 1. The molecule has 0 spiro atoms. The fourth-order valence-corrected chi connectivity index (χ4v) is 6.08. The molecule has 3 aromatic carbocycles. The van der Waals surface area contributed by atoms with Gasteiger partial charge in [-0.2, -0.15) is 0 Å². The SMILES string of the molecule is Cc1ccc(S(=O)(=O)N2C[C@@H](C(=O)Nc3nnc(-c4ccc(Cl)cc4)s3)Oc3ccc(C)cc32)cc1. The van der Waals surface area contributed by atoms with Gasteiger partial charge in [-0.3, -0.25) is 14.4 Å². The summed E-state index contributed by atoms with van der Waals surface area (Å²) < 4.78 is 34.3. The van der Waals surface area contributed by atoms with Crippen LogP contribution in [0.2, 0.25) is 5.02 Å². The van der Waals surface area contributed by atoms with Gasteiger partial charge in [0.15, 0.2) is 6.10 Å². The molecule has 5 rings (SSSR count). The summed E-state index contributed by atoms with van der Waals surface area (Å²) in [5.74, 6) is -0.217. The van der Waals surface area contributed by atoms with E-state index in [4.69, 9.17) is 16.3 Å². The molecule has 1 aliphatic rings. The molecule has 184 valence electrons. The Hall–Kier alpha value is -3.47. The summed E-state index contributed by atoms with van der Waals surface area (Å²) in [5, 5.41) is 12.4. The molecule has 1 atom stereocenters. The molecule has 0 fully saturated rings. The van der Waals surface area contributed by atoms with Crippen LogP contribution in [0.5, 0.6) is 5.75 Å². The van der Waals surface area contributed by atoms with Crippen molar-refractivity contribution in [2.45, 2.75) is 24.8 Å². The molecule has 0 bridgehead atoms. The summed E-state index contributed by atoms with van der Waals surface area (Å²) >= 11 is 7.13. The number of ether oxygens (including phenoxy) is 1. The van der Waals surface area contributed by atoms with Crippen LogP contribution >= 0.6 is 22.9 Å². The van der Waals surface area contributed by atoms with Gasteiger partial charge in [0.25, 0.3) is 15.9 Å². The zero-order valence-electron chi connectivity index (χ0n) is 19.3. The van der Waals surface area contributed by atoms with Gasteiger partial charge >= 0.3 is 0 Å². The number of carbonyl (C=O) groups is 1. The second-order valence-corrected chi connectivity index (χ2v) is 11.6. The molecular formula is C25H21ClN4O4S2. The maximum Gasteiger partial charge on any atom is 0.269 e. The third kappa shape index (κ3) is 4.79. The molecule has 0 radical (unpaired) electrons. The third-order valence-electron chi connectivity index (χ3n) is 5.63. The number of aryl methyl sites for hydroxylation is 2. The van der Waals surface area contributed by atoms with Crippen LogP contribution in [0, 0.1) is 13.8 Å². The fourth-order valence-electron chi connectivity index (χ4n) is 3.73. The van der Waals surface area contributed by atoms with Crippen molar-refractivity contribution in [2.75, 3.05) is 16.2 Å². The zero-order chi connectivity index (χ0) is 25.4. The lowest BCUT2D eigenvalue weighted by molar-refractivity contribution is -0.122. The van der Waals surface area contributed by atoms with Gasteiger partial charge in [-0.25, -0.2) is 8.42 Å². The molecule has 11 heteroatoms. The standard InChI is InChI=1S/C25H21ClN4O4S2/c1-15-3-10-19(11-4-15)36(32,33)30-14-22(34-21-12-5-16(2)13-20(21)30)23(31)27-25-29-28-24(35-25)17-6-8-18(26)9-7-17/h3-13,22H,14H2,1-2H3,(H,27,29,31)/t22-/m0/s1. The van der Waals surface area contributed by atoms with E-state index >= 15 is 0 Å². The minimum atomic E-state index is -3.95. The van der Waals surface area contributed by atoms with E-state index in [1.807, 2.05) is 26.0 Å². The van der Waals surface area contributed by atoms with Gasteiger partial charge in [0.2, 0.25) is 5.13 Å². The van der Waals surface area contributed by atoms with Crippen molar-refractivity contribution < 1.29 is 17.9 Å². The normalized spacial score (nSPS) is 15.2. The number of aromatic nitrogens is 2. The van der Waals surface area contributed by atoms with Gasteiger partial charge in [0, 0.05) is 10.6 Å². The Labute approximate surface area is 217 Å². The number of sulfonamides is 1. The third-order valence-corrected chi connectivity index (χ3v) is 8.57.